The first-order valence-corrected chi connectivity index (χ1v) is 8.18. The summed E-state index contributed by atoms with van der Waals surface area (Å²) in [7, 11) is 0. The van der Waals surface area contributed by atoms with Crippen LogP contribution in [0.3, 0.4) is 0 Å². The van der Waals surface area contributed by atoms with Crippen LogP contribution < -0.4 is 0 Å². The van der Waals surface area contributed by atoms with Crippen LogP contribution in [0, 0.1) is 5.92 Å². The average Bonchev–Trinajstić information content (AvgIpc) is 2.89. The van der Waals surface area contributed by atoms with Gasteiger partial charge in [-0.15, -0.1) is 0 Å². The number of oxime groups is 1. The Morgan fingerprint density at radius 1 is 1.19 bits per heavy atom. The highest BCUT2D eigenvalue weighted by atomic mass is 35.5. The second-order valence-electron chi connectivity index (χ2n) is 6.17. The van der Waals surface area contributed by atoms with Crippen LogP contribution in [0.4, 0.5) is 0 Å². The molecule has 1 aromatic carbocycles. The molecule has 2 aliphatic rings. The normalized spacial score (nSPS) is 27.6. The van der Waals surface area contributed by atoms with Crippen molar-refractivity contribution in [2.24, 2.45) is 11.1 Å². The lowest BCUT2D eigenvalue weighted by Gasteiger charge is -2.48. The molecule has 0 heterocycles. The van der Waals surface area contributed by atoms with Gasteiger partial charge < -0.3 is 10.3 Å². The monoisotopic (exact) mass is 327 g/mol. The van der Waals surface area contributed by atoms with E-state index in [9.17, 15) is 5.11 Å². The topological polar surface area (TPSA) is 52.8 Å². The van der Waals surface area contributed by atoms with Gasteiger partial charge in [-0.05, 0) is 49.8 Å². The molecule has 3 nitrogen and oxygen atoms in total. The Kier molecular flexibility index (Phi) is 4.17. The third-order valence-electron chi connectivity index (χ3n) is 5.19. The van der Waals surface area contributed by atoms with Crippen molar-refractivity contribution in [2.75, 3.05) is 0 Å². The number of aliphatic hydroxyl groups excluding tert-OH is 1. The van der Waals surface area contributed by atoms with Gasteiger partial charge in [0.1, 0.15) is 0 Å². The maximum Gasteiger partial charge on any atom is 0.0718 e. The van der Waals surface area contributed by atoms with Gasteiger partial charge in [-0.25, -0.2) is 0 Å². The van der Waals surface area contributed by atoms with Crippen molar-refractivity contribution in [1.29, 1.82) is 0 Å². The summed E-state index contributed by atoms with van der Waals surface area (Å²) in [6, 6.07) is 5.62. The van der Waals surface area contributed by atoms with E-state index in [1.807, 2.05) is 12.1 Å². The Balaban J connectivity index is 1.94. The van der Waals surface area contributed by atoms with Gasteiger partial charge in [0, 0.05) is 11.3 Å². The highest BCUT2D eigenvalue weighted by Gasteiger charge is 2.49. The Morgan fingerprint density at radius 2 is 1.95 bits per heavy atom. The smallest absolute Gasteiger partial charge is 0.0718 e. The van der Waals surface area contributed by atoms with E-state index >= 15 is 0 Å². The van der Waals surface area contributed by atoms with Gasteiger partial charge in [0.15, 0.2) is 0 Å². The Labute approximate surface area is 134 Å². The SMILES string of the molecule is ON=C1CCC[C@H]1[C@@H](O)C1(c2ccc(Cl)c(Cl)c2)CCC1. The third-order valence-corrected chi connectivity index (χ3v) is 5.93. The lowest BCUT2D eigenvalue weighted by Crippen LogP contribution is -2.50. The quantitative estimate of drug-likeness (QED) is 0.638. The van der Waals surface area contributed by atoms with Crippen LogP contribution in [-0.2, 0) is 5.41 Å². The third kappa shape index (κ3) is 2.45. The summed E-state index contributed by atoms with van der Waals surface area (Å²) in [6.45, 7) is 0. The number of nitrogens with zero attached hydrogens (tertiary/aromatic N) is 1. The zero-order chi connectivity index (χ0) is 15.0. The van der Waals surface area contributed by atoms with Gasteiger partial charge in [-0.2, -0.15) is 0 Å². The van der Waals surface area contributed by atoms with Crippen LogP contribution in [0.15, 0.2) is 23.4 Å². The molecule has 0 aromatic heterocycles. The molecule has 2 atom stereocenters. The summed E-state index contributed by atoms with van der Waals surface area (Å²) in [5.41, 5.74) is 1.49. The predicted molar refractivity (Wildman–Crippen MR) is 84.6 cm³/mol. The standard InChI is InChI=1S/C16H19Cl2NO2/c17-12-6-5-10(9-13(12)18)16(7-2-8-16)15(20)11-3-1-4-14(11)19-21/h5-6,9,11,15,20-21H,1-4,7-8H2/t11-,15-/m1/s1. The van der Waals surface area contributed by atoms with Crippen molar-refractivity contribution in [2.45, 2.75) is 50.0 Å². The number of halogens is 2. The molecule has 2 saturated carbocycles. The van der Waals surface area contributed by atoms with Crippen molar-refractivity contribution in [3.8, 4) is 0 Å². The van der Waals surface area contributed by atoms with Crippen LogP contribution in [0.5, 0.6) is 0 Å². The molecule has 2 aliphatic carbocycles. The van der Waals surface area contributed by atoms with Gasteiger partial charge >= 0.3 is 0 Å². The molecule has 0 unspecified atom stereocenters. The van der Waals surface area contributed by atoms with Crippen molar-refractivity contribution >= 4 is 28.9 Å². The van der Waals surface area contributed by atoms with Crippen LogP contribution in [0.1, 0.15) is 44.1 Å². The van der Waals surface area contributed by atoms with Gasteiger partial charge in [-0.1, -0.05) is 40.8 Å². The molecule has 114 valence electrons. The van der Waals surface area contributed by atoms with Crippen molar-refractivity contribution in [3.63, 3.8) is 0 Å². The van der Waals surface area contributed by atoms with E-state index in [1.54, 1.807) is 6.07 Å². The van der Waals surface area contributed by atoms with Crippen LogP contribution in [-0.4, -0.2) is 22.1 Å². The second-order valence-corrected chi connectivity index (χ2v) is 6.99. The van der Waals surface area contributed by atoms with Crippen molar-refractivity contribution in [3.05, 3.63) is 33.8 Å². The molecule has 2 N–H and O–H groups in total. The molecule has 21 heavy (non-hydrogen) atoms. The Bertz CT molecular complexity index is 569. The lowest BCUT2D eigenvalue weighted by molar-refractivity contribution is 0.00422. The molecule has 3 rings (SSSR count). The maximum atomic E-state index is 11.0. The molecule has 0 amide bonds. The van der Waals surface area contributed by atoms with Crippen LogP contribution in [0.2, 0.25) is 10.0 Å². The second kappa shape index (κ2) is 5.79. The summed E-state index contributed by atoms with van der Waals surface area (Å²) in [5.74, 6) is -0.0512. The minimum absolute atomic E-state index is 0.0512. The van der Waals surface area contributed by atoms with Crippen molar-refractivity contribution < 1.29 is 10.3 Å². The van der Waals surface area contributed by atoms with E-state index in [0.717, 1.165) is 49.8 Å². The van der Waals surface area contributed by atoms with Gasteiger partial charge in [0.25, 0.3) is 0 Å². The minimum Gasteiger partial charge on any atom is -0.411 e. The van der Waals surface area contributed by atoms with Gasteiger partial charge in [-0.3, -0.25) is 0 Å². The largest absolute Gasteiger partial charge is 0.411 e. The summed E-state index contributed by atoms with van der Waals surface area (Å²) in [5, 5.41) is 24.5. The van der Waals surface area contributed by atoms with E-state index in [2.05, 4.69) is 5.16 Å². The number of hydrogen-bond acceptors (Lipinski definition) is 3. The first kappa shape index (κ1) is 15.1. The number of aliphatic hydroxyl groups is 1. The lowest BCUT2D eigenvalue weighted by atomic mass is 9.58. The van der Waals surface area contributed by atoms with Crippen molar-refractivity contribution in [1.82, 2.24) is 0 Å². The molecule has 0 radical (unpaired) electrons. The van der Waals surface area contributed by atoms with Gasteiger partial charge in [0.05, 0.1) is 21.9 Å². The minimum atomic E-state index is -0.531. The Hall–Kier alpha value is -0.770. The average molecular weight is 328 g/mol. The molecule has 5 heteroatoms. The molecule has 1 aromatic rings. The van der Waals surface area contributed by atoms with Gasteiger partial charge in [0.2, 0.25) is 0 Å². The molecule has 0 bridgehead atoms. The van der Waals surface area contributed by atoms with E-state index in [0.29, 0.717) is 10.0 Å². The summed E-state index contributed by atoms with van der Waals surface area (Å²) >= 11 is 12.1. The predicted octanol–water partition coefficient (Wildman–Crippen LogP) is 4.41. The van der Waals surface area contributed by atoms with E-state index in [4.69, 9.17) is 28.4 Å². The molecular weight excluding hydrogens is 309 g/mol. The number of hydrogen-bond donors (Lipinski definition) is 2. The fourth-order valence-electron chi connectivity index (χ4n) is 3.82. The molecule has 0 aliphatic heterocycles. The molecule has 2 fully saturated rings. The molecular formula is C16H19Cl2NO2. The summed E-state index contributed by atoms with van der Waals surface area (Å²) in [6.07, 6.45) is 5.05. The number of benzene rings is 1. The van der Waals surface area contributed by atoms with E-state index in [1.165, 1.54) is 0 Å². The summed E-state index contributed by atoms with van der Waals surface area (Å²) in [4.78, 5) is 0. The fourth-order valence-corrected chi connectivity index (χ4v) is 4.12. The first-order chi connectivity index (χ1) is 10.1. The highest BCUT2D eigenvalue weighted by molar-refractivity contribution is 6.42. The zero-order valence-corrected chi connectivity index (χ0v) is 13.2. The molecule has 0 spiro atoms. The number of rotatable bonds is 3. The zero-order valence-electron chi connectivity index (χ0n) is 11.7. The summed E-state index contributed by atoms with van der Waals surface area (Å²) < 4.78 is 0. The molecule has 0 saturated heterocycles. The maximum absolute atomic E-state index is 11.0. The van der Waals surface area contributed by atoms with Crippen LogP contribution in [0.25, 0.3) is 0 Å². The van der Waals surface area contributed by atoms with Crippen LogP contribution >= 0.6 is 23.2 Å². The first-order valence-electron chi connectivity index (χ1n) is 7.43. The van der Waals surface area contributed by atoms with E-state index < -0.39 is 6.10 Å². The van der Waals surface area contributed by atoms with E-state index in [-0.39, 0.29) is 11.3 Å². The highest BCUT2D eigenvalue weighted by Crippen LogP contribution is 2.51. The Morgan fingerprint density at radius 3 is 2.52 bits per heavy atom. The fraction of sp³-hybridized carbons (Fsp3) is 0.562.